The van der Waals surface area contributed by atoms with Crippen LogP contribution in [0, 0.1) is 0 Å². The third kappa shape index (κ3) is 5.94. The van der Waals surface area contributed by atoms with Crippen molar-refractivity contribution in [1.82, 2.24) is 0 Å². The van der Waals surface area contributed by atoms with Gasteiger partial charge >= 0.3 is 6.18 Å². The third-order valence-electron chi connectivity index (χ3n) is 4.34. The zero-order valence-corrected chi connectivity index (χ0v) is 15.9. The molecule has 3 aromatic carbocycles. The molecular formula is C23H19F3N2O2. The second kappa shape index (κ2) is 9.26. The number of amides is 2. The van der Waals surface area contributed by atoms with Crippen molar-refractivity contribution in [3.05, 3.63) is 95.6 Å². The molecule has 0 bridgehead atoms. The molecule has 0 atom stereocenters. The first kappa shape index (κ1) is 21.1. The zero-order chi connectivity index (χ0) is 21.6. The molecular weight excluding hydrogens is 393 g/mol. The standard InChI is InChI=1S/C23H19F3N2O2/c24-23(25,26)18-9-5-11-20(15-18)28-22(30)17-8-4-10-19(14-17)27-21(29)13-12-16-6-2-1-3-7-16/h1-11,14-15H,12-13H2,(H,27,29)(H,28,30). The Bertz CT molecular complexity index is 1030. The number of rotatable bonds is 6. The first-order chi connectivity index (χ1) is 14.3. The van der Waals surface area contributed by atoms with E-state index in [1.165, 1.54) is 24.3 Å². The van der Waals surface area contributed by atoms with Gasteiger partial charge in [0.05, 0.1) is 5.56 Å². The quantitative estimate of drug-likeness (QED) is 0.559. The summed E-state index contributed by atoms with van der Waals surface area (Å²) in [5.74, 6) is -0.774. The molecule has 0 fully saturated rings. The molecule has 0 heterocycles. The van der Waals surface area contributed by atoms with Gasteiger partial charge in [-0.05, 0) is 48.4 Å². The highest BCUT2D eigenvalue weighted by molar-refractivity contribution is 6.05. The van der Waals surface area contributed by atoms with Gasteiger partial charge in [-0.3, -0.25) is 9.59 Å². The predicted molar refractivity (Wildman–Crippen MR) is 109 cm³/mol. The number of alkyl halides is 3. The van der Waals surface area contributed by atoms with E-state index in [0.29, 0.717) is 12.1 Å². The van der Waals surface area contributed by atoms with Crippen molar-refractivity contribution >= 4 is 23.2 Å². The molecule has 0 aliphatic rings. The van der Waals surface area contributed by atoms with E-state index < -0.39 is 17.6 Å². The monoisotopic (exact) mass is 412 g/mol. The average molecular weight is 412 g/mol. The van der Waals surface area contributed by atoms with E-state index in [9.17, 15) is 22.8 Å². The second-order valence-corrected chi connectivity index (χ2v) is 6.65. The highest BCUT2D eigenvalue weighted by atomic mass is 19.4. The highest BCUT2D eigenvalue weighted by Crippen LogP contribution is 2.30. The Morgan fingerprint density at radius 3 is 2.13 bits per heavy atom. The minimum Gasteiger partial charge on any atom is -0.326 e. The lowest BCUT2D eigenvalue weighted by molar-refractivity contribution is -0.137. The Balaban J connectivity index is 1.62. The Morgan fingerprint density at radius 2 is 1.43 bits per heavy atom. The first-order valence-corrected chi connectivity index (χ1v) is 9.24. The Hall–Kier alpha value is -3.61. The normalized spacial score (nSPS) is 11.0. The van der Waals surface area contributed by atoms with Crippen LogP contribution in [-0.4, -0.2) is 11.8 Å². The maximum Gasteiger partial charge on any atom is 0.416 e. The van der Waals surface area contributed by atoms with Crippen LogP contribution in [0.3, 0.4) is 0 Å². The zero-order valence-electron chi connectivity index (χ0n) is 15.9. The van der Waals surface area contributed by atoms with Crippen LogP contribution in [0.5, 0.6) is 0 Å². The van der Waals surface area contributed by atoms with Gasteiger partial charge in [0.25, 0.3) is 5.91 Å². The fourth-order valence-electron chi connectivity index (χ4n) is 2.84. The maximum absolute atomic E-state index is 12.8. The van der Waals surface area contributed by atoms with E-state index in [1.807, 2.05) is 30.3 Å². The third-order valence-corrected chi connectivity index (χ3v) is 4.34. The molecule has 0 aliphatic heterocycles. The summed E-state index contributed by atoms with van der Waals surface area (Å²) in [5.41, 5.74) is 0.881. The molecule has 7 heteroatoms. The Labute approximate surface area is 171 Å². The number of hydrogen-bond acceptors (Lipinski definition) is 2. The number of benzene rings is 3. The molecule has 3 rings (SSSR count). The average Bonchev–Trinajstić information content (AvgIpc) is 2.73. The van der Waals surface area contributed by atoms with Gasteiger partial charge in [-0.1, -0.05) is 42.5 Å². The molecule has 2 amide bonds. The van der Waals surface area contributed by atoms with E-state index in [1.54, 1.807) is 12.1 Å². The van der Waals surface area contributed by atoms with Crippen LogP contribution in [0.2, 0.25) is 0 Å². The summed E-state index contributed by atoms with van der Waals surface area (Å²) in [7, 11) is 0. The minimum absolute atomic E-state index is 0.0344. The second-order valence-electron chi connectivity index (χ2n) is 6.65. The van der Waals surface area contributed by atoms with Crippen LogP contribution in [-0.2, 0) is 17.4 Å². The summed E-state index contributed by atoms with van der Waals surface area (Å²) in [6.07, 6.45) is -3.63. The number of carbonyl (C=O) groups is 2. The van der Waals surface area contributed by atoms with Crippen molar-refractivity contribution in [2.75, 3.05) is 10.6 Å². The van der Waals surface area contributed by atoms with Crippen LogP contribution in [0.15, 0.2) is 78.9 Å². The van der Waals surface area contributed by atoms with Gasteiger partial charge in [0, 0.05) is 23.4 Å². The molecule has 0 aromatic heterocycles. The van der Waals surface area contributed by atoms with E-state index in [2.05, 4.69) is 10.6 Å². The van der Waals surface area contributed by atoms with Crippen molar-refractivity contribution in [2.45, 2.75) is 19.0 Å². The summed E-state index contributed by atoms with van der Waals surface area (Å²) in [5, 5.41) is 5.18. The lowest BCUT2D eigenvalue weighted by Gasteiger charge is -2.11. The Kier molecular flexibility index (Phi) is 6.51. The van der Waals surface area contributed by atoms with E-state index in [4.69, 9.17) is 0 Å². The Morgan fingerprint density at radius 1 is 0.767 bits per heavy atom. The fourth-order valence-corrected chi connectivity index (χ4v) is 2.84. The number of halogens is 3. The molecule has 0 saturated carbocycles. The summed E-state index contributed by atoms with van der Waals surface area (Å²) in [6, 6.07) is 20.2. The summed E-state index contributed by atoms with van der Waals surface area (Å²) >= 11 is 0. The molecule has 2 N–H and O–H groups in total. The number of nitrogens with one attached hydrogen (secondary N) is 2. The van der Waals surface area contributed by atoms with E-state index >= 15 is 0 Å². The molecule has 0 aliphatic carbocycles. The van der Waals surface area contributed by atoms with Crippen LogP contribution < -0.4 is 10.6 Å². The minimum atomic E-state index is -4.50. The van der Waals surface area contributed by atoms with Gasteiger partial charge in [-0.2, -0.15) is 13.2 Å². The SMILES string of the molecule is O=C(CCc1ccccc1)Nc1cccc(C(=O)Nc2cccc(C(F)(F)F)c2)c1. The summed E-state index contributed by atoms with van der Waals surface area (Å²) in [6.45, 7) is 0. The maximum atomic E-state index is 12.8. The lowest BCUT2D eigenvalue weighted by Crippen LogP contribution is -2.15. The largest absolute Gasteiger partial charge is 0.416 e. The summed E-state index contributed by atoms with van der Waals surface area (Å²) in [4.78, 5) is 24.6. The number of carbonyl (C=O) groups excluding carboxylic acids is 2. The van der Waals surface area contributed by atoms with E-state index in [-0.39, 0.29) is 23.6 Å². The van der Waals surface area contributed by atoms with Gasteiger partial charge in [0.1, 0.15) is 0 Å². The highest BCUT2D eigenvalue weighted by Gasteiger charge is 2.30. The van der Waals surface area contributed by atoms with Crippen molar-refractivity contribution in [3.8, 4) is 0 Å². The van der Waals surface area contributed by atoms with Crippen LogP contribution >= 0.6 is 0 Å². The van der Waals surface area contributed by atoms with Crippen LogP contribution in [0.4, 0.5) is 24.5 Å². The molecule has 30 heavy (non-hydrogen) atoms. The first-order valence-electron chi connectivity index (χ1n) is 9.24. The molecule has 0 radical (unpaired) electrons. The van der Waals surface area contributed by atoms with Crippen LogP contribution in [0.1, 0.15) is 27.9 Å². The molecule has 4 nitrogen and oxygen atoms in total. The fraction of sp³-hybridized carbons (Fsp3) is 0.130. The summed E-state index contributed by atoms with van der Waals surface area (Å²) < 4.78 is 38.5. The van der Waals surface area contributed by atoms with Crippen LogP contribution in [0.25, 0.3) is 0 Å². The topological polar surface area (TPSA) is 58.2 Å². The van der Waals surface area contributed by atoms with Gasteiger partial charge in [-0.15, -0.1) is 0 Å². The van der Waals surface area contributed by atoms with Crippen molar-refractivity contribution < 1.29 is 22.8 Å². The molecule has 0 saturated heterocycles. The smallest absolute Gasteiger partial charge is 0.326 e. The van der Waals surface area contributed by atoms with Crippen molar-refractivity contribution in [2.24, 2.45) is 0 Å². The molecule has 3 aromatic rings. The lowest BCUT2D eigenvalue weighted by atomic mass is 10.1. The van der Waals surface area contributed by atoms with Gasteiger partial charge < -0.3 is 10.6 Å². The molecule has 0 spiro atoms. The van der Waals surface area contributed by atoms with Gasteiger partial charge in [0.15, 0.2) is 0 Å². The number of aryl methyl sites for hydroxylation is 1. The van der Waals surface area contributed by atoms with Crippen molar-refractivity contribution in [3.63, 3.8) is 0 Å². The van der Waals surface area contributed by atoms with Gasteiger partial charge in [0.2, 0.25) is 5.91 Å². The molecule has 154 valence electrons. The van der Waals surface area contributed by atoms with Gasteiger partial charge in [-0.25, -0.2) is 0 Å². The van der Waals surface area contributed by atoms with E-state index in [0.717, 1.165) is 17.7 Å². The van der Waals surface area contributed by atoms with Crippen molar-refractivity contribution in [1.29, 1.82) is 0 Å². The number of anilines is 2. The molecule has 0 unspecified atom stereocenters. The number of hydrogen-bond donors (Lipinski definition) is 2. The predicted octanol–water partition coefficient (Wildman–Crippen LogP) is 5.53.